The Labute approximate surface area is 82.6 Å². The van der Waals surface area contributed by atoms with Gasteiger partial charge in [0.05, 0.1) is 12.3 Å². The van der Waals surface area contributed by atoms with E-state index >= 15 is 0 Å². The number of benzene rings is 1. The van der Waals surface area contributed by atoms with E-state index in [1.54, 1.807) is 11.8 Å². The van der Waals surface area contributed by atoms with E-state index in [0.717, 1.165) is 16.3 Å². The van der Waals surface area contributed by atoms with Crippen LogP contribution in [0.3, 0.4) is 0 Å². The second-order valence-corrected chi connectivity index (χ2v) is 3.29. The molecule has 1 aromatic carbocycles. The SMILES string of the molecule is CCOc1cc(NN)ccc1SC. The van der Waals surface area contributed by atoms with Gasteiger partial charge in [0.1, 0.15) is 5.75 Å². The predicted molar refractivity (Wildman–Crippen MR) is 57.2 cm³/mol. The van der Waals surface area contributed by atoms with Crippen LogP contribution in [0.1, 0.15) is 6.92 Å². The molecule has 72 valence electrons. The molecule has 0 spiro atoms. The first-order valence-electron chi connectivity index (χ1n) is 4.09. The van der Waals surface area contributed by atoms with Crippen LogP contribution in [0, 0.1) is 0 Å². The van der Waals surface area contributed by atoms with Crippen molar-refractivity contribution in [2.75, 3.05) is 18.3 Å². The number of hydrogen-bond donors (Lipinski definition) is 2. The smallest absolute Gasteiger partial charge is 0.134 e. The van der Waals surface area contributed by atoms with E-state index in [1.165, 1.54) is 0 Å². The molecule has 0 heterocycles. The van der Waals surface area contributed by atoms with Crippen molar-refractivity contribution in [3.63, 3.8) is 0 Å². The molecule has 0 saturated heterocycles. The zero-order valence-electron chi connectivity index (χ0n) is 7.83. The van der Waals surface area contributed by atoms with E-state index < -0.39 is 0 Å². The van der Waals surface area contributed by atoms with Gasteiger partial charge in [-0.05, 0) is 25.3 Å². The van der Waals surface area contributed by atoms with Gasteiger partial charge in [0.25, 0.3) is 0 Å². The van der Waals surface area contributed by atoms with Crippen molar-refractivity contribution in [1.82, 2.24) is 0 Å². The van der Waals surface area contributed by atoms with Crippen LogP contribution < -0.4 is 16.0 Å². The largest absolute Gasteiger partial charge is 0.493 e. The Morgan fingerprint density at radius 2 is 2.31 bits per heavy atom. The highest BCUT2D eigenvalue weighted by atomic mass is 32.2. The van der Waals surface area contributed by atoms with Crippen LogP contribution >= 0.6 is 11.8 Å². The molecule has 0 aliphatic rings. The average Bonchev–Trinajstić information content (AvgIpc) is 2.18. The standard InChI is InChI=1S/C9H14N2OS/c1-3-12-8-6-7(11-10)4-5-9(8)13-2/h4-6,11H,3,10H2,1-2H3. The fourth-order valence-corrected chi connectivity index (χ4v) is 1.56. The summed E-state index contributed by atoms with van der Waals surface area (Å²) in [5.74, 6) is 6.17. The Kier molecular flexibility index (Phi) is 3.92. The van der Waals surface area contributed by atoms with E-state index in [4.69, 9.17) is 10.6 Å². The highest BCUT2D eigenvalue weighted by Gasteiger charge is 2.02. The third-order valence-corrected chi connectivity index (χ3v) is 2.41. The maximum absolute atomic E-state index is 5.45. The maximum Gasteiger partial charge on any atom is 0.134 e. The second kappa shape index (κ2) is 4.99. The van der Waals surface area contributed by atoms with Crippen molar-refractivity contribution in [2.45, 2.75) is 11.8 Å². The van der Waals surface area contributed by atoms with Gasteiger partial charge in [-0.15, -0.1) is 11.8 Å². The second-order valence-electron chi connectivity index (χ2n) is 2.44. The summed E-state index contributed by atoms with van der Waals surface area (Å²) in [6.07, 6.45) is 2.02. The molecule has 0 bridgehead atoms. The van der Waals surface area contributed by atoms with Gasteiger partial charge in [0.15, 0.2) is 0 Å². The van der Waals surface area contributed by atoms with Gasteiger partial charge >= 0.3 is 0 Å². The Morgan fingerprint density at radius 1 is 1.54 bits per heavy atom. The lowest BCUT2D eigenvalue weighted by atomic mass is 10.3. The number of rotatable bonds is 4. The van der Waals surface area contributed by atoms with E-state index in [0.29, 0.717) is 6.61 Å². The first kappa shape index (κ1) is 10.2. The zero-order chi connectivity index (χ0) is 9.68. The molecular formula is C9H14N2OS. The fraction of sp³-hybridized carbons (Fsp3) is 0.333. The Morgan fingerprint density at radius 3 is 2.85 bits per heavy atom. The van der Waals surface area contributed by atoms with Gasteiger partial charge in [-0.25, -0.2) is 0 Å². The number of nitrogens with one attached hydrogen (secondary N) is 1. The molecule has 0 amide bonds. The third-order valence-electron chi connectivity index (χ3n) is 1.63. The summed E-state index contributed by atoms with van der Waals surface area (Å²) in [5.41, 5.74) is 3.45. The Hall–Kier alpha value is -0.870. The molecule has 4 heteroatoms. The lowest BCUT2D eigenvalue weighted by molar-refractivity contribution is 0.332. The molecule has 0 radical (unpaired) electrons. The van der Waals surface area contributed by atoms with Crippen LogP contribution in [0.25, 0.3) is 0 Å². The van der Waals surface area contributed by atoms with Gasteiger partial charge in [-0.1, -0.05) is 0 Å². The van der Waals surface area contributed by atoms with E-state index in [9.17, 15) is 0 Å². The van der Waals surface area contributed by atoms with Crippen LogP contribution in [-0.4, -0.2) is 12.9 Å². The van der Waals surface area contributed by atoms with Crippen molar-refractivity contribution < 1.29 is 4.74 Å². The van der Waals surface area contributed by atoms with Crippen molar-refractivity contribution in [1.29, 1.82) is 0 Å². The van der Waals surface area contributed by atoms with Crippen LogP contribution in [0.15, 0.2) is 23.1 Å². The molecule has 0 saturated carbocycles. The molecule has 0 unspecified atom stereocenters. The van der Waals surface area contributed by atoms with Gasteiger partial charge in [-0.2, -0.15) is 0 Å². The topological polar surface area (TPSA) is 47.3 Å². The van der Waals surface area contributed by atoms with Gasteiger partial charge in [-0.3, -0.25) is 5.84 Å². The van der Waals surface area contributed by atoms with Crippen molar-refractivity contribution >= 4 is 17.4 Å². The summed E-state index contributed by atoms with van der Waals surface area (Å²) in [6.45, 7) is 2.63. The van der Waals surface area contributed by atoms with Crippen molar-refractivity contribution in [3.05, 3.63) is 18.2 Å². The maximum atomic E-state index is 5.45. The number of nitrogens with two attached hydrogens (primary N) is 1. The third kappa shape index (κ3) is 2.54. The van der Waals surface area contributed by atoms with Crippen molar-refractivity contribution in [2.24, 2.45) is 5.84 Å². The number of ether oxygens (including phenoxy) is 1. The van der Waals surface area contributed by atoms with Crippen molar-refractivity contribution in [3.8, 4) is 5.75 Å². The fourth-order valence-electron chi connectivity index (χ4n) is 1.03. The summed E-state index contributed by atoms with van der Waals surface area (Å²) < 4.78 is 5.45. The molecule has 1 aromatic rings. The molecule has 1 rings (SSSR count). The van der Waals surface area contributed by atoms with Gasteiger partial charge in [0, 0.05) is 11.0 Å². The average molecular weight is 198 g/mol. The Balaban J connectivity index is 2.95. The van der Waals surface area contributed by atoms with Crippen LogP contribution in [-0.2, 0) is 0 Å². The van der Waals surface area contributed by atoms with Gasteiger partial charge in [0.2, 0.25) is 0 Å². The Bertz CT molecular complexity index is 278. The molecule has 0 atom stereocenters. The van der Waals surface area contributed by atoms with Gasteiger partial charge < -0.3 is 10.2 Å². The predicted octanol–water partition coefficient (Wildman–Crippen LogP) is 2.09. The summed E-state index contributed by atoms with van der Waals surface area (Å²) in [6, 6.07) is 5.81. The molecular weight excluding hydrogens is 184 g/mol. The monoisotopic (exact) mass is 198 g/mol. The lowest BCUT2D eigenvalue weighted by Gasteiger charge is -2.09. The number of nitrogen functional groups attached to an aromatic ring is 1. The minimum absolute atomic E-state index is 0.668. The zero-order valence-corrected chi connectivity index (χ0v) is 8.65. The number of hydrazine groups is 1. The first-order chi connectivity index (χ1) is 6.31. The molecule has 0 aromatic heterocycles. The quantitative estimate of drug-likeness (QED) is 0.442. The molecule has 0 aliphatic heterocycles. The normalized spacial score (nSPS) is 9.77. The summed E-state index contributed by atoms with van der Waals surface area (Å²) >= 11 is 1.66. The molecule has 0 fully saturated rings. The van der Waals surface area contributed by atoms with E-state index in [1.807, 2.05) is 31.4 Å². The minimum Gasteiger partial charge on any atom is -0.493 e. The number of thioether (sulfide) groups is 1. The lowest BCUT2D eigenvalue weighted by Crippen LogP contribution is -2.06. The minimum atomic E-state index is 0.668. The molecule has 0 aliphatic carbocycles. The molecule has 3 nitrogen and oxygen atoms in total. The summed E-state index contributed by atoms with van der Waals surface area (Å²) in [7, 11) is 0. The highest BCUT2D eigenvalue weighted by Crippen LogP contribution is 2.30. The molecule has 3 N–H and O–H groups in total. The number of anilines is 1. The van der Waals surface area contributed by atoms with Crippen LogP contribution in [0.4, 0.5) is 5.69 Å². The summed E-state index contributed by atoms with van der Waals surface area (Å²) in [5, 5.41) is 0. The highest BCUT2D eigenvalue weighted by molar-refractivity contribution is 7.98. The van der Waals surface area contributed by atoms with Crippen LogP contribution in [0.2, 0.25) is 0 Å². The van der Waals surface area contributed by atoms with E-state index in [-0.39, 0.29) is 0 Å². The van der Waals surface area contributed by atoms with Crippen LogP contribution in [0.5, 0.6) is 5.75 Å². The summed E-state index contributed by atoms with van der Waals surface area (Å²) in [4.78, 5) is 1.13. The number of hydrogen-bond acceptors (Lipinski definition) is 4. The first-order valence-corrected chi connectivity index (χ1v) is 5.31. The van der Waals surface area contributed by atoms with E-state index in [2.05, 4.69) is 5.43 Å². The molecule has 13 heavy (non-hydrogen) atoms.